The van der Waals surface area contributed by atoms with Gasteiger partial charge in [0.25, 0.3) is 5.91 Å². The van der Waals surface area contributed by atoms with Gasteiger partial charge in [0.2, 0.25) is 5.95 Å². The molecule has 2 aromatic heterocycles. The van der Waals surface area contributed by atoms with Crippen LogP contribution in [0, 0.1) is 0 Å². The number of nitrogens with zero attached hydrogens (tertiary/aromatic N) is 4. The fourth-order valence-electron chi connectivity index (χ4n) is 2.26. The highest BCUT2D eigenvalue weighted by atomic mass is 16.1. The van der Waals surface area contributed by atoms with Gasteiger partial charge in [0.1, 0.15) is 0 Å². The Morgan fingerprint density at radius 2 is 1.83 bits per heavy atom. The van der Waals surface area contributed by atoms with E-state index in [1.165, 1.54) is 0 Å². The highest BCUT2D eigenvalue weighted by molar-refractivity contribution is 5.94. The zero-order valence-electron chi connectivity index (χ0n) is 13.7. The number of aromatic nitrogens is 3. The van der Waals surface area contributed by atoms with Crippen molar-refractivity contribution in [2.75, 3.05) is 19.0 Å². The second-order valence-corrected chi connectivity index (χ2v) is 5.56. The first-order valence-corrected chi connectivity index (χ1v) is 7.64. The SMILES string of the molecule is CN(C)c1nccc(CNC(=O)c2ccc(-n3cccc3)cc2)n1. The smallest absolute Gasteiger partial charge is 0.251 e. The lowest BCUT2D eigenvalue weighted by Crippen LogP contribution is -2.24. The fourth-order valence-corrected chi connectivity index (χ4v) is 2.26. The summed E-state index contributed by atoms with van der Waals surface area (Å²) in [5, 5.41) is 2.88. The largest absolute Gasteiger partial charge is 0.347 e. The van der Waals surface area contributed by atoms with Crippen molar-refractivity contribution in [3.05, 3.63) is 72.3 Å². The quantitative estimate of drug-likeness (QED) is 0.783. The number of amides is 1. The monoisotopic (exact) mass is 321 g/mol. The van der Waals surface area contributed by atoms with Gasteiger partial charge in [0.05, 0.1) is 12.2 Å². The maximum atomic E-state index is 12.3. The normalized spacial score (nSPS) is 10.4. The number of nitrogens with one attached hydrogen (secondary N) is 1. The lowest BCUT2D eigenvalue weighted by atomic mass is 10.2. The molecule has 24 heavy (non-hydrogen) atoms. The van der Waals surface area contributed by atoms with Crippen LogP contribution in [0.15, 0.2) is 61.1 Å². The minimum atomic E-state index is -0.126. The van der Waals surface area contributed by atoms with E-state index in [1.54, 1.807) is 12.3 Å². The standard InChI is InChI=1S/C18H19N5O/c1-22(2)18-19-10-9-15(21-18)13-20-17(24)14-5-7-16(8-6-14)23-11-3-4-12-23/h3-12H,13H2,1-2H3,(H,20,24). The first-order valence-electron chi connectivity index (χ1n) is 7.64. The van der Waals surface area contributed by atoms with E-state index in [0.29, 0.717) is 18.1 Å². The highest BCUT2D eigenvalue weighted by Crippen LogP contribution is 2.10. The summed E-state index contributed by atoms with van der Waals surface area (Å²) in [4.78, 5) is 22.6. The van der Waals surface area contributed by atoms with Gasteiger partial charge in [-0.15, -0.1) is 0 Å². The molecule has 0 saturated carbocycles. The van der Waals surface area contributed by atoms with E-state index < -0.39 is 0 Å². The molecule has 3 aromatic rings. The van der Waals surface area contributed by atoms with Crippen LogP contribution >= 0.6 is 0 Å². The minimum Gasteiger partial charge on any atom is -0.347 e. The van der Waals surface area contributed by atoms with Gasteiger partial charge in [0.15, 0.2) is 0 Å². The summed E-state index contributed by atoms with van der Waals surface area (Å²) >= 11 is 0. The zero-order valence-corrected chi connectivity index (χ0v) is 13.7. The molecule has 2 heterocycles. The van der Waals surface area contributed by atoms with Gasteiger partial charge in [-0.05, 0) is 42.5 Å². The summed E-state index contributed by atoms with van der Waals surface area (Å²) in [6.07, 6.45) is 5.62. The molecule has 3 rings (SSSR count). The first-order chi connectivity index (χ1) is 11.6. The van der Waals surface area contributed by atoms with Crippen LogP contribution in [0.5, 0.6) is 0 Å². The van der Waals surface area contributed by atoms with Gasteiger partial charge < -0.3 is 14.8 Å². The minimum absolute atomic E-state index is 0.126. The molecule has 6 heteroatoms. The van der Waals surface area contributed by atoms with Crippen molar-refractivity contribution in [3.63, 3.8) is 0 Å². The molecule has 0 spiro atoms. The molecule has 0 aliphatic rings. The predicted octanol–water partition coefficient (Wildman–Crippen LogP) is 2.26. The molecule has 1 amide bonds. The Morgan fingerprint density at radius 3 is 2.50 bits per heavy atom. The van der Waals surface area contributed by atoms with E-state index in [2.05, 4.69) is 15.3 Å². The van der Waals surface area contributed by atoms with Crippen LogP contribution in [-0.2, 0) is 6.54 Å². The van der Waals surface area contributed by atoms with Crippen LogP contribution in [0.2, 0.25) is 0 Å². The molecule has 0 radical (unpaired) electrons. The summed E-state index contributed by atoms with van der Waals surface area (Å²) in [6.45, 7) is 0.363. The molecule has 6 nitrogen and oxygen atoms in total. The predicted molar refractivity (Wildman–Crippen MR) is 93.3 cm³/mol. The highest BCUT2D eigenvalue weighted by Gasteiger charge is 2.07. The second kappa shape index (κ2) is 6.95. The molecule has 1 aromatic carbocycles. The number of benzene rings is 1. The Labute approximate surface area is 140 Å². The number of rotatable bonds is 5. The van der Waals surface area contributed by atoms with E-state index in [9.17, 15) is 4.79 Å². The van der Waals surface area contributed by atoms with E-state index in [1.807, 2.05) is 72.4 Å². The van der Waals surface area contributed by atoms with Crippen LogP contribution in [-0.4, -0.2) is 34.5 Å². The molecule has 0 bridgehead atoms. The second-order valence-electron chi connectivity index (χ2n) is 5.56. The molecule has 0 fully saturated rings. The number of hydrogen-bond donors (Lipinski definition) is 1. The van der Waals surface area contributed by atoms with E-state index in [-0.39, 0.29) is 5.91 Å². The lowest BCUT2D eigenvalue weighted by Gasteiger charge is -2.11. The van der Waals surface area contributed by atoms with Crippen LogP contribution in [0.1, 0.15) is 16.1 Å². The van der Waals surface area contributed by atoms with Crippen LogP contribution in [0.3, 0.4) is 0 Å². The average molecular weight is 321 g/mol. The summed E-state index contributed by atoms with van der Waals surface area (Å²) in [5.41, 5.74) is 2.40. The Hall–Kier alpha value is -3.15. The van der Waals surface area contributed by atoms with Crippen molar-refractivity contribution in [3.8, 4) is 5.69 Å². The maximum absolute atomic E-state index is 12.3. The summed E-state index contributed by atoms with van der Waals surface area (Å²) in [6, 6.07) is 13.2. The summed E-state index contributed by atoms with van der Waals surface area (Å²) in [5.74, 6) is 0.497. The van der Waals surface area contributed by atoms with E-state index >= 15 is 0 Å². The number of hydrogen-bond acceptors (Lipinski definition) is 4. The van der Waals surface area contributed by atoms with Gasteiger partial charge in [-0.1, -0.05) is 0 Å². The zero-order chi connectivity index (χ0) is 16.9. The topological polar surface area (TPSA) is 63.1 Å². The number of anilines is 1. The Bertz CT molecular complexity index is 810. The average Bonchev–Trinajstić information content (AvgIpc) is 3.14. The first kappa shape index (κ1) is 15.7. The maximum Gasteiger partial charge on any atom is 0.251 e. The van der Waals surface area contributed by atoms with Crippen molar-refractivity contribution in [1.29, 1.82) is 0 Å². The van der Waals surface area contributed by atoms with Crippen molar-refractivity contribution in [2.24, 2.45) is 0 Å². The third-order valence-corrected chi connectivity index (χ3v) is 3.56. The molecular formula is C18H19N5O. The molecule has 0 atom stereocenters. The summed E-state index contributed by atoms with van der Waals surface area (Å²) in [7, 11) is 3.76. The number of carbonyl (C=O) groups is 1. The molecule has 0 unspecified atom stereocenters. The van der Waals surface area contributed by atoms with Crippen LogP contribution in [0.4, 0.5) is 5.95 Å². The van der Waals surface area contributed by atoms with Gasteiger partial charge in [-0.3, -0.25) is 4.79 Å². The van der Waals surface area contributed by atoms with Gasteiger partial charge in [-0.25, -0.2) is 9.97 Å². The molecular weight excluding hydrogens is 302 g/mol. The van der Waals surface area contributed by atoms with Gasteiger partial charge in [-0.2, -0.15) is 0 Å². The van der Waals surface area contributed by atoms with Crippen LogP contribution in [0.25, 0.3) is 5.69 Å². The molecule has 0 aliphatic carbocycles. The number of carbonyl (C=O) groups excluding carboxylic acids is 1. The fraction of sp³-hybridized carbons (Fsp3) is 0.167. The van der Waals surface area contributed by atoms with Crippen molar-refractivity contribution in [1.82, 2.24) is 19.9 Å². The molecule has 0 aliphatic heterocycles. The van der Waals surface area contributed by atoms with E-state index in [0.717, 1.165) is 11.4 Å². The van der Waals surface area contributed by atoms with Crippen LogP contribution < -0.4 is 10.2 Å². The molecule has 0 saturated heterocycles. The lowest BCUT2D eigenvalue weighted by molar-refractivity contribution is 0.0950. The Balaban J connectivity index is 1.64. The molecule has 122 valence electrons. The van der Waals surface area contributed by atoms with Crippen molar-refractivity contribution >= 4 is 11.9 Å². The van der Waals surface area contributed by atoms with Gasteiger partial charge >= 0.3 is 0 Å². The van der Waals surface area contributed by atoms with Crippen molar-refractivity contribution < 1.29 is 4.79 Å². The summed E-state index contributed by atoms with van der Waals surface area (Å²) < 4.78 is 1.99. The van der Waals surface area contributed by atoms with E-state index in [4.69, 9.17) is 0 Å². The third-order valence-electron chi connectivity index (χ3n) is 3.56. The van der Waals surface area contributed by atoms with Gasteiger partial charge in [0, 0.05) is 43.9 Å². The Morgan fingerprint density at radius 1 is 1.12 bits per heavy atom. The third kappa shape index (κ3) is 3.60. The van der Waals surface area contributed by atoms with Crippen molar-refractivity contribution in [2.45, 2.75) is 6.54 Å². The Kier molecular flexibility index (Phi) is 4.56. The molecule has 1 N–H and O–H groups in total.